The first-order valence-electron chi connectivity index (χ1n) is 7.51. The van der Waals surface area contributed by atoms with Crippen molar-refractivity contribution in [2.45, 2.75) is 20.0 Å². The summed E-state index contributed by atoms with van der Waals surface area (Å²) in [6.45, 7) is 2.31. The lowest BCUT2D eigenvalue weighted by molar-refractivity contribution is 0.1000. The fraction of sp³-hybridized carbons (Fsp3) is 0.158. The number of hydrogen-bond acceptors (Lipinski definition) is 3. The summed E-state index contributed by atoms with van der Waals surface area (Å²) in [4.78, 5) is 15.7. The highest BCUT2D eigenvalue weighted by atomic mass is 16.5. The highest BCUT2D eigenvalue weighted by molar-refractivity contribution is 5.92. The van der Waals surface area contributed by atoms with E-state index in [2.05, 4.69) is 10.9 Å². The van der Waals surface area contributed by atoms with Crippen LogP contribution in [0.2, 0.25) is 0 Å². The first-order valence-corrected chi connectivity index (χ1v) is 7.51. The zero-order chi connectivity index (χ0) is 17.1. The number of imidazole rings is 1. The van der Waals surface area contributed by atoms with Crippen LogP contribution < -0.4 is 10.5 Å². The summed E-state index contributed by atoms with van der Waals surface area (Å²) >= 11 is 0. The Morgan fingerprint density at radius 1 is 1.33 bits per heavy atom. The maximum atomic E-state index is 11.1. The summed E-state index contributed by atoms with van der Waals surface area (Å²) in [7, 11) is 0. The Labute approximate surface area is 140 Å². The molecule has 0 aliphatic rings. The number of amides is 1. The number of pyridine rings is 1. The van der Waals surface area contributed by atoms with E-state index in [1.54, 1.807) is 12.1 Å². The van der Waals surface area contributed by atoms with Gasteiger partial charge in [-0.15, -0.1) is 12.3 Å². The molecule has 3 rings (SSSR count). The third-order valence-electron chi connectivity index (χ3n) is 3.82. The summed E-state index contributed by atoms with van der Waals surface area (Å²) in [6.07, 6.45) is 7.88. The van der Waals surface area contributed by atoms with Crippen LogP contribution >= 0.6 is 0 Å². The van der Waals surface area contributed by atoms with Gasteiger partial charge in [-0.25, -0.2) is 4.98 Å². The average Bonchev–Trinajstić information content (AvgIpc) is 2.90. The van der Waals surface area contributed by atoms with Gasteiger partial charge in [-0.2, -0.15) is 0 Å². The Morgan fingerprint density at radius 3 is 2.75 bits per heavy atom. The topological polar surface area (TPSA) is 69.6 Å². The van der Waals surface area contributed by atoms with Crippen molar-refractivity contribution in [3.8, 4) is 18.1 Å². The van der Waals surface area contributed by atoms with Crippen LogP contribution in [0.1, 0.15) is 27.3 Å². The first-order chi connectivity index (χ1) is 11.6. The minimum absolute atomic E-state index is 0.370. The Bertz CT molecular complexity index is 934. The molecule has 0 radical (unpaired) electrons. The Balaban J connectivity index is 1.84. The Morgan fingerprint density at radius 2 is 2.08 bits per heavy atom. The molecule has 0 saturated heterocycles. The van der Waals surface area contributed by atoms with Crippen molar-refractivity contribution in [1.29, 1.82) is 0 Å². The highest BCUT2D eigenvalue weighted by Gasteiger charge is 2.12. The predicted octanol–water partition coefficient (Wildman–Crippen LogP) is 2.50. The van der Waals surface area contributed by atoms with Gasteiger partial charge >= 0.3 is 0 Å². The maximum Gasteiger partial charge on any atom is 0.248 e. The van der Waals surface area contributed by atoms with E-state index in [0.29, 0.717) is 24.3 Å². The van der Waals surface area contributed by atoms with Gasteiger partial charge in [0.2, 0.25) is 5.91 Å². The number of carbonyl (C=O) groups excluding carboxylic acids is 1. The molecule has 120 valence electrons. The van der Waals surface area contributed by atoms with Crippen molar-refractivity contribution >= 4 is 11.6 Å². The molecule has 5 nitrogen and oxygen atoms in total. The molecule has 0 saturated carbocycles. The van der Waals surface area contributed by atoms with Crippen molar-refractivity contribution in [3.05, 3.63) is 65.1 Å². The van der Waals surface area contributed by atoms with Crippen LogP contribution in [-0.4, -0.2) is 15.3 Å². The average molecular weight is 319 g/mol. The fourth-order valence-corrected chi connectivity index (χ4v) is 2.55. The maximum absolute atomic E-state index is 11.1. The molecule has 0 fully saturated rings. The second-order valence-corrected chi connectivity index (χ2v) is 5.44. The number of aryl methyl sites for hydroxylation is 1. The minimum Gasteiger partial charge on any atom is -0.485 e. The smallest absolute Gasteiger partial charge is 0.248 e. The summed E-state index contributed by atoms with van der Waals surface area (Å²) < 4.78 is 7.86. The number of rotatable bonds is 5. The second kappa shape index (κ2) is 6.47. The minimum atomic E-state index is -0.443. The molecule has 1 amide bonds. The van der Waals surface area contributed by atoms with Crippen molar-refractivity contribution in [2.24, 2.45) is 5.73 Å². The molecule has 2 N–H and O–H groups in total. The second-order valence-electron chi connectivity index (χ2n) is 5.44. The lowest BCUT2D eigenvalue weighted by Crippen LogP contribution is -2.10. The van der Waals surface area contributed by atoms with Crippen LogP contribution in [0.4, 0.5) is 0 Å². The standard InChI is InChI=1S/C19H17N3O2/c1-3-5-16-13(2)21-19-17(6-4-11-22(16)19)24-12-14-7-9-15(10-8-14)18(20)23/h1,4,6-11H,5,12H2,2H3,(H2,20,23). The van der Waals surface area contributed by atoms with Crippen molar-refractivity contribution in [1.82, 2.24) is 9.38 Å². The SMILES string of the molecule is C#CCc1c(C)nc2c(OCc3ccc(C(N)=O)cc3)cccn12. The third kappa shape index (κ3) is 2.95. The Hall–Kier alpha value is -3.26. The summed E-state index contributed by atoms with van der Waals surface area (Å²) in [6, 6.07) is 10.8. The molecule has 1 aromatic carbocycles. The van der Waals surface area contributed by atoms with Gasteiger partial charge in [0.05, 0.1) is 17.8 Å². The van der Waals surface area contributed by atoms with Crippen LogP contribution in [0.3, 0.4) is 0 Å². The van der Waals surface area contributed by atoms with Gasteiger partial charge in [0.25, 0.3) is 0 Å². The number of fused-ring (bicyclic) bond motifs is 1. The molecular weight excluding hydrogens is 302 g/mol. The van der Waals surface area contributed by atoms with Crippen LogP contribution in [-0.2, 0) is 13.0 Å². The largest absolute Gasteiger partial charge is 0.485 e. The van der Waals surface area contributed by atoms with Crippen molar-refractivity contribution < 1.29 is 9.53 Å². The third-order valence-corrected chi connectivity index (χ3v) is 3.82. The molecule has 0 atom stereocenters. The normalized spacial score (nSPS) is 10.5. The number of nitrogens with zero attached hydrogens (tertiary/aromatic N) is 2. The quantitative estimate of drug-likeness (QED) is 0.735. The molecule has 0 unspecified atom stereocenters. The van der Waals surface area contributed by atoms with E-state index in [9.17, 15) is 4.79 Å². The van der Waals surface area contributed by atoms with Gasteiger partial charge in [-0.05, 0) is 36.8 Å². The molecule has 2 heterocycles. The highest BCUT2D eigenvalue weighted by Crippen LogP contribution is 2.23. The van der Waals surface area contributed by atoms with Gasteiger partial charge in [0.1, 0.15) is 6.61 Å². The lowest BCUT2D eigenvalue weighted by atomic mass is 10.1. The number of carbonyl (C=O) groups is 1. The molecular formula is C19H17N3O2. The van der Waals surface area contributed by atoms with Gasteiger partial charge in [-0.1, -0.05) is 12.1 Å². The van der Waals surface area contributed by atoms with Gasteiger partial charge < -0.3 is 10.5 Å². The van der Waals surface area contributed by atoms with Crippen LogP contribution in [0.15, 0.2) is 42.6 Å². The summed E-state index contributed by atoms with van der Waals surface area (Å²) in [5.74, 6) is 2.90. The number of benzene rings is 1. The lowest BCUT2D eigenvalue weighted by Gasteiger charge is -2.08. The number of ether oxygens (including phenoxy) is 1. The van der Waals surface area contributed by atoms with E-state index in [4.69, 9.17) is 16.9 Å². The molecule has 0 bridgehead atoms. The molecule has 3 aromatic rings. The zero-order valence-corrected chi connectivity index (χ0v) is 13.3. The van der Waals surface area contributed by atoms with Crippen molar-refractivity contribution in [3.63, 3.8) is 0 Å². The predicted molar refractivity (Wildman–Crippen MR) is 91.8 cm³/mol. The van der Waals surface area contributed by atoms with E-state index in [1.807, 2.05) is 41.8 Å². The molecule has 5 heteroatoms. The van der Waals surface area contributed by atoms with Crippen LogP contribution in [0, 0.1) is 19.3 Å². The molecule has 0 aliphatic carbocycles. The van der Waals surface area contributed by atoms with E-state index in [0.717, 1.165) is 22.6 Å². The number of aromatic nitrogens is 2. The van der Waals surface area contributed by atoms with E-state index in [1.165, 1.54) is 0 Å². The summed E-state index contributed by atoms with van der Waals surface area (Å²) in [5, 5.41) is 0. The van der Waals surface area contributed by atoms with Gasteiger partial charge in [-0.3, -0.25) is 9.20 Å². The van der Waals surface area contributed by atoms with Crippen molar-refractivity contribution in [2.75, 3.05) is 0 Å². The first kappa shape index (κ1) is 15.6. The number of terminal acetylenes is 1. The van der Waals surface area contributed by atoms with E-state index in [-0.39, 0.29) is 0 Å². The molecule has 0 aliphatic heterocycles. The molecule has 2 aromatic heterocycles. The van der Waals surface area contributed by atoms with E-state index < -0.39 is 5.91 Å². The summed E-state index contributed by atoms with van der Waals surface area (Å²) in [5.41, 5.74) is 9.28. The fourth-order valence-electron chi connectivity index (χ4n) is 2.55. The molecule has 24 heavy (non-hydrogen) atoms. The monoisotopic (exact) mass is 319 g/mol. The van der Waals surface area contributed by atoms with E-state index >= 15 is 0 Å². The number of primary amides is 1. The zero-order valence-electron chi connectivity index (χ0n) is 13.3. The number of nitrogens with two attached hydrogens (primary N) is 1. The van der Waals surface area contributed by atoms with Gasteiger partial charge in [0.15, 0.2) is 11.4 Å². The Kier molecular flexibility index (Phi) is 4.21. The van der Waals surface area contributed by atoms with Gasteiger partial charge in [0, 0.05) is 11.8 Å². The number of hydrogen-bond donors (Lipinski definition) is 1. The molecule has 0 spiro atoms. The van der Waals surface area contributed by atoms with Crippen LogP contribution in [0.25, 0.3) is 5.65 Å². The van der Waals surface area contributed by atoms with Crippen LogP contribution in [0.5, 0.6) is 5.75 Å².